The van der Waals surface area contributed by atoms with E-state index >= 15 is 0 Å². The van der Waals surface area contributed by atoms with Crippen molar-refractivity contribution in [3.05, 3.63) is 28.8 Å². The van der Waals surface area contributed by atoms with Crippen molar-refractivity contribution >= 4 is 29.1 Å². The van der Waals surface area contributed by atoms with E-state index in [1.807, 2.05) is 30.0 Å². The van der Waals surface area contributed by atoms with E-state index in [-0.39, 0.29) is 0 Å². The summed E-state index contributed by atoms with van der Waals surface area (Å²) in [6, 6.07) is 6.40. The standard InChI is InChI=1S/C13H18ClNOS/c1-9(16)10-3-4-13(12(14)7-10)15(2)11-5-6-17-8-11/h3-4,7,9,11,16H,5-6,8H2,1-2H3. The molecule has 2 rings (SSSR count). The quantitative estimate of drug-likeness (QED) is 0.912. The smallest absolute Gasteiger partial charge is 0.0762 e. The van der Waals surface area contributed by atoms with Gasteiger partial charge in [0, 0.05) is 18.8 Å². The summed E-state index contributed by atoms with van der Waals surface area (Å²) < 4.78 is 0. The van der Waals surface area contributed by atoms with Crippen molar-refractivity contribution in [3.8, 4) is 0 Å². The lowest BCUT2D eigenvalue weighted by Crippen LogP contribution is -2.31. The summed E-state index contributed by atoms with van der Waals surface area (Å²) in [6.07, 6.45) is 0.754. The molecule has 0 spiro atoms. The third kappa shape index (κ3) is 2.90. The van der Waals surface area contributed by atoms with Gasteiger partial charge in [-0.25, -0.2) is 0 Å². The lowest BCUT2D eigenvalue weighted by Gasteiger charge is -2.27. The van der Waals surface area contributed by atoms with Crippen molar-refractivity contribution in [3.63, 3.8) is 0 Å². The Morgan fingerprint density at radius 2 is 2.29 bits per heavy atom. The van der Waals surface area contributed by atoms with Gasteiger partial charge >= 0.3 is 0 Å². The Hall–Kier alpha value is -0.380. The molecule has 94 valence electrons. The van der Waals surface area contributed by atoms with Crippen LogP contribution >= 0.6 is 23.4 Å². The van der Waals surface area contributed by atoms with Gasteiger partial charge in [-0.1, -0.05) is 17.7 Å². The van der Waals surface area contributed by atoms with E-state index in [9.17, 15) is 5.11 Å². The molecule has 0 amide bonds. The maximum absolute atomic E-state index is 9.51. The van der Waals surface area contributed by atoms with Crippen LogP contribution in [0.25, 0.3) is 0 Å². The molecule has 0 bridgehead atoms. The van der Waals surface area contributed by atoms with Crippen LogP contribution in [0.5, 0.6) is 0 Å². The summed E-state index contributed by atoms with van der Waals surface area (Å²) in [5.74, 6) is 2.41. The maximum atomic E-state index is 9.51. The topological polar surface area (TPSA) is 23.5 Å². The number of halogens is 1. The molecule has 2 unspecified atom stereocenters. The summed E-state index contributed by atoms with van der Waals surface area (Å²) in [6.45, 7) is 1.75. The average molecular weight is 272 g/mol. The summed E-state index contributed by atoms with van der Waals surface area (Å²) in [4.78, 5) is 2.26. The fourth-order valence-corrected chi connectivity index (χ4v) is 3.68. The van der Waals surface area contributed by atoms with Crippen LogP contribution in [0, 0.1) is 0 Å². The number of hydrogen-bond donors (Lipinski definition) is 1. The average Bonchev–Trinajstić information content (AvgIpc) is 2.81. The molecule has 0 aliphatic carbocycles. The Kier molecular flexibility index (Phi) is 4.23. The Morgan fingerprint density at radius 3 is 2.82 bits per heavy atom. The Balaban J connectivity index is 2.20. The van der Waals surface area contributed by atoms with Crippen molar-refractivity contribution in [1.82, 2.24) is 0 Å². The van der Waals surface area contributed by atoms with Crippen molar-refractivity contribution in [2.45, 2.75) is 25.5 Å². The zero-order valence-electron chi connectivity index (χ0n) is 10.2. The molecule has 1 aromatic carbocycles. The van der Waals surface area contributed by atoms with Gasteiger partial charge < -0.3 is 10.0 Å². The molecule has 1 aliphatic heterocycles. The van der Waals surface area contributed by atoms with E-state index in [0.29, 0.717) is 6.04 Å². The lowest BCUT2D eigenvalue weighted by molar-refractivity contribution is 0.199. The van der Waals surface area contributed by atoms with E-state index in [2.05, 4.69) is 11.9 Å². The summed E-state index contributed by atoms with van der Waals surface area (Å²) in [5, 5.41) is 10.2. The van der Waals surface area contributed by atoms with E-state index in [1.54, 1.807) is 6.92 Å². The Morgan fingerprint density at radius 1 is 1.53 bits per heavy atom. The summed E-state index contributed by atoms with van der Waals surface area (Å²) in [5.41, 5.74) is 1.93. The van der Waals surface area contributed by atoms with Crippen LogP contribution < -0.4 is 4.90 Å². The highest BCUT2D eigenvalue weighted by Crippen LogP contribution is 2.32. The molecule has 1 aliphatic rings. The van der Waals surface area contributed by atoms with Crippen LogP contribution in [-0.4, -0.2) is 29.7 Å². The zero-order valence-corrected chi connectivity index (χ0v) is 11.8. The molecule has 4 heteroatoms. The first-order valence-corrected chi connectivity index (χ1v) is 7.41. The van der Waals surface area contributed by atoms with E-state index in [4.69, 9.17) is 11.6 Å². The van der Waals surface area contributed by atoms with Crippen LogP contribution in [0.4, 0.5) is 5.69 Å². The first kappa shape index (κ1) is 13.1. The van der Waals surface area contributed by atoms with Gasteiger partial charge in [0.05, 0.1) is 16.8 Å². The van der Waals surface area contributed by atoms with Crippen molar-refractivity contribution in [1.29, 1.82) is 0 Å². The number of nitrogens with zero attached hydrogens (tertiary/aromatic N) is 1. The predicted molar refractivity (Wildman–Crippen MR) is 76.2 cm³/mol. The second-order valence-corrected chi connectivity index (χ2v) is 6.07. The monoisotopic (exact) mass is 271 g/mol. The number of aliphatic hydroxyl groups excluding tert-OH is 1. The largest absolute Gasteiger partial charge is 0.389 e. The molecule has 0 saturated carbocycles. The summed E-state index contributed by atoms with van der Waals surface area (Å²) >= 11 is 8.28. The van der Waals surface area contributed by atoms with E-state index < -0.39 is 6.10 Å². The van der Waals surface area contributed by atoms with E-state index in [0.717, 1.165) is 16.3 Å². The number of thioether (sulfide) groups is 1. The minimum atomic E-state index is -0.464. The zero-order chi connectivity index (χ0) is 12.4. The molecule has 1 fully saturated rings. The molecule has 2 nitrogen and oxygen atoms in total. The number of anilines is 1. The van der Waals surface area contributed by atoms with Gasteiger partial charge in [0.25, 0.3) is 0 Å². The fourth-order valence-electron chi connectivity index (χ4n) is 2.09. The van der Waals surface area contributed by atoms with Crippen LogP contribution in [-0.2, 0) is 0 Å². The first-order chi connectivity index (χ1) is 8.09. The van der Waals surface area contributed by atoms with Crippen LogP contribution in [0.2, 0.25) is 5.02 Å². The van der Waals surface area contributed by atoms with Crippen molar-refractivity contribution < 1.29 is 5.11 Å². The van der Waals surface area contributed by atoms with Gasteiger partial charge in [0.1, 0.15) is 0 Å². The second-order valence-electron chi connectivity index (χ2n) is 4.52. The molecule has 1 heterocycles. The van der Waals surface area contributed by atoms with Gasteiger partial charge in [-0.15, -0.1) is 0 Å². The molecule has 17 heavy (non-hydrogen) atoms. The van der Waals surface area contributed by atoms with Crippen molar-refractivity contribution in [2.24, 2.45) is 0 Å². The molecule has 1 saturated heterocycles. The Labute approximate surface area is 112 Å². The highest BCUT2D eigenvalue weighted by atomic mass is 35.5. The van der Waals surface area contributed by atoms with Gasteiger partial charge in [-0.2, -0.15) is 11.8 Å². The normalized spacial score (nSPS) is 21.5. The van der Waals surface area contributed by atoms with E-state index in [1.165, 1.54) is 17.9 Å². The van der Waals surface area contributed by atoms with Gasteiger partial charge in [0.15, 0.2) is 0 Å². The molecule has 1 N–H and O–H groups in total. The molecule has 0 radical (unpaired) electrons. The molecular formula is C13H18ClNOS. The molecule has 0 aromatic heterocycles. The van der Waals surface area contributed by atoms with Gasteiger partial charge in [0.2, 0.25) is 0 Å². The van der Waals surface area contributed by atoms with Crippen LogP contribution in [0.15, 0.2) is 18.2 Å². The molecular weight excluding hydrogens is 254 g/mol. The van der Waals surface area contributed by atoms with Gasteiger partial charge in [-0.3, -0.25) is 0 Å². The van der Waals surface area contributed by atoms with Crippen LogP contribution in [0.3, 0.4) is 0 Å². The summed E-state index contributed by atoms with van der Waals surface area (Å²) in [7, 11) is 2.10. The number of hydrogen-bond acceptors (Lipinski definition) is 3. The molecule has 2 atom stereocenters. The predicted octanol–water partition coefficient (Wildman–Crippen LogP) is 3.34. The van der Waals surface area contributed by atoms with Gasteiger partial charge in [-0.05, 0) is 36.8 Å². The number of benzene rings is 1. The lowest BCUT2D eigenvalue weighted by atomic mass is 10.1. The van der Waals surface area contributed by atoms with Crippen molar-refractivity contribution in [2.75, 3.05) is 23.5 Å². The second kappa shape index (κ2) is 5.51. The fraction of sp³-hybridized carbons (Fsp3) is 0.538. The Bertz CT molecular complexity index is 391. The first-order valence-electron chi connectivity index (χ1n) is 5.87. The highest BCUT2D eigenvalue weighted by molar-refractivity contribution is 7.99. The SMILES string of the molecule is CC(O)c1ccc(N(C)C2CCSC2)c(Cl)c1. The third-order valence-corrected chi connectivity index (χ3v) is 4.74. The third-order valence-electron chi connectivity index (χ3n) is 3.29. The number of rotatable bonds is 3. The highest BCUT2D eigenvalue weighted by Gasteiger charge is 2.21. The molecule has 1 aromatic rings. The minimum absolute atomic E-state index is 0.464. The minimum Gasteiger partial charge on any atom is -0.389 e. The maximum Gasteiger partial charge on any atom is 0.0762 e. The number of aliphatic hydroxyl groups is 1. The van der Waals surface area contributed by atoms with Crippen LogP contribution in [0.1, 0.15) is 25.0 Å².